The Morgan fingerprint density at radius 2 is 1.89 bits per heavy atom. The fourth-order valence-corrected chi connectivity index (χ4v) is 2.29. The molecule has 100 valence electrons. The number of H-pyrrole nitrogens is 1. The van der Waals surface area contributed by atoms with Gasteiger partial charge in [0.2, 0.25) is 5.95 Å². The van der Waals surface area contributed by atoms with E-state index in [1.54, 1.807) is 0 Å². The minimum atomic E-state index is 0.746. The zero-order valence-electron chi connectivity index (χ0n) is 10.6. The lowest BCUT2D eigenvalue weighted by molar-refractivity contribution is 0.580. The summed E-state index contributed by atoms with van der Waals surface area (Å²) in [5, 5.41) is 11.4. The molecule has 1 aliphatic rings. The highest BCUT2D eigenvalue weighted by molar-refractivity contribution is 6.30. The maximum atomic E-state index is 5.87. The third-order valence-corrected chi connectivity index (χ3v) is 3.46. The third kappa shape index (κ3) is 3.05. The first-order valence-corrected chi connectivity index (χ1v) is 6.80. The second-order valence-electron chi connectivity index (χ2n) is 4.62. The van der Waals surface area contributed by atoms with E-state index in [1.807, 2.05) is 24.3 Å². The molecule has 3 rings (SSSR count). The smallest absolute Gasteiger partial charge is 0.244 e. The van der Waals surface area contributed by atoms with Crippen LogP contribution in [0.2, 0.25) is 5.02 Å². The molecule has 0 bridgehead atoms. The molecule has 0 saturated carbocycles. The van der Waals surface area contributed by atoms with Crippen LogP contribution in [0.3, 0.4) is 0 Å². The van der Waals surface area contributed by atoms with Crippen molar-refractivity contribution in [3.05, 3.63) is 40.7 Å². The average Bonchev–Trinajstić information content (AvgIpc) is 2.91. The van der Waals surface area contributed by atoms with Gasteiger partial charge in [0, 0.05) is 37.6 Å². The van der Waals surface area contributed by atoms with Crippen molar-refractivity contribution in [3.63, 3.8) is 0 Å². The zero-order valence-corrected chi connectivity index (χ0v) is 11.3. The molecular weight excluding hydrogens is 262 g/mol. The molecule has 0 amide bonds. The van der Waals surface area contributed by atoms with E-state index >= 15 is 0 Å². The Labute approximate surface area is 117 Å². The van der Waals surface area contributed by atoms with Gasteiger partial charge in [0.05, 0.1) is 0 Å². The number of hydrogen-bond donors (Lipinski definition) is 2. The Kier molecular flexibility index (Phi) is 3.66. The molecule has 1 aromatic heterocycles. The van der Waals surface area contributed by atoms with Gasteiger partial charge in [-0.1, -0.05) is 23.7 Å². The lowest BCUT2D eigenvalue weighted by atomic mass is 10.1. The van der Waals surface area contributed by atoms with Crippen molar-refractivity contribution in [3.8, 4) is 0 Å². The van der Waals surface area contributed by atoms with Crippen molar-refractivity contribution in [1.29, 1.82) is 0 Å². The van der Waals surface area contributed by atoms with Gasteiger partial charge in [0.1, 0.15) is 5.82 Å². The molecule has 5 nitrogen and oxygen atoms in total. The standard InChI is InChI=1S/C13H16ClN5/c14-11-3-1-10(2-4-11)9-12-16-13(18-17-12)19-7-5-15-6-8-19/h1-4,15H,5-9H2,(H,16,17,18). The fourth-order valence-electron chi connectivity index (χ4n) is 2.17. The van der Waals surface area contributed by atoms with Crippen LogP contribution in [0.5, 0.6) is 0 Å². The minimum absolute atomic E-state index is 0.746. The number of hydrogen-bond acceptors (Lipinski definition) is 4. The number of rotatable bonds is 3. The Morgan fingerprint density at radius 1 is 1.16 bits per heavy atom. The van der Waals surface area contributed by atoms with E-state index in [9.17, 15) is 0 Å². The summed E-state index contributed by atoms with van der Waals surface area (Å²) >= 11 is 5.87. The molecular formula is C13H16ClN5. The average molecular weight is 278 g/mol. The van der Waals surface area contributed by atoms with E-state index in [4.69, 9.17) is 11.6 Å². The summed E-state index contributed by atoms with van der Waals surface area (Å²) in [7, 11) is 0. The minimum Gasteiger partial charge on any atom is -0.337 e. The molecule has 1 saturated heterocycles. The number of halogens is 1. The lowest BCUT2D eigenvalue weighted by Crippen LogP contribution is -2.44. The molecule has 19 heavy (non-hydrogen) atoms. The van der Waals surface area contributed by atoms with Gasteiger partial charge in [-0.3, -0.25) is 5.10 Å². The normalized spacial score (nSPS) is 15.7. The molecule has 2 N–H and O–H groups in total. The zero-order chi connectivity index (χ0) is 13.1. The van der Waals surface area contributed by atoms with Crippen LogP contribution in [0.1, 0.15) is 11.4 Å². The van der Waals surface area contributed by atoms with Crippen molar-refractivity contribution in [1.82, 2.24) is 20.5 Å². The maximum absolute atomic E-state index is 5.87. The quantitative estimate of drug-likeness (QED) is 0.892. The summed E-state index contributed by atoms with van der Waals surface area (Å²) in [4.78, 5) is 6.74. The number of benzene rings is 1. The van der Waals surface area contributed by atoms with Crippen LogP contribution in [0, 0.1) is 0 Å². The summed E-state index contributed by atoms with van der Waals surface area (Å²) < 4.78 is 0. The number of piperazine rings is 1. The summed E-state index contributed by atoms with van der Waals surface area (Å²) in [5.41, 5.74) is 1.17. The molecule has 2 heterocycles. The Morgan fingerprint density at radius 3 is 2.63 bits per heavy atom. The predicted octanol–water partition coefficient (Wildman–Crippen LogP) is 1.46. The predicted molar refractivity (Wildman–Crippen MR) is 75.7 cm³/mol. The second-order valence-corrected chi connectivity index (χ2v) is 5.06. The van der Waals surface area contributed by atoms with E-state index in [2.05, 4.69) is 25.4 Å². The van der Waals surface area contributed by atoms with Crippen LogP contribution in [0.15, 0.2) is 24.3 Å². The number of aromatic nitrogens is 3. The highest BCUT2D eigenvalue weighted by Crippen LogP contribution is 2.13. The molecule has 1 aliphatic heterocycles. The summed E-state index contributed by atoms with van der Waals surface area (Å²) in [6, 6.07) is 7.81. The van der Waals surface area contributed by atoms with Gasteiger partial charge in [-0.15, -0.1) is 5.10 Å². The van der Waals surface area contributed by atoms with Crippen molar-refractivity contribution in [2.45, 2.75) is 6.42 Å². The van der Waals surface area contributed by atoms with E-state index in [1.165, 1.54) is 5.56 Å². The third-order valence-electron chi connectivity index (χ3n) is 3.20. The van der Waals surface area contributed by atoms with Crippen LogP contribution >= 0.6 is 11.6 Å². The molecule has 1 fully saturated rings. The molecule has 0 atom stereocenters. The maximum Gasteiger partial charge on any atom is 0.244 e. The number of nitrogens with one attached hydrogen (secondary N) is 2. The van der Waals surface area contributed by atoms with Crippen molar-refractivity contribution < 1.29 is 0 Å². The van der Waals surface area contributed by atoms with Gasteiger partial charge < -0.3 is 10.2 Å². The van der Waals surface area contributed by atoms with E-state index in [-0.39, 0.29) is 0 Å². The molecule has 0 radical (unpaired) electrons. The molecule has 2 aromatic rings. The molecule has 1 aromatic carbocycles. The highest BCUT2D eigenvalue weighted by Gasteiger charge is 2.14. The van der Waals surface area contributed by atoms with Gasteiger partial charge in [0.25, 0.3) is 0 Å². The highest BCUT2D eigenvalue weighted by atomic mass is 35.5. The first-order valence-electron chi connectivity index (χ1n) is 6.43. The Hall–Kier alpha value is -1.59. The number of aromatic amines is 1. The topological polar surface area (TPSA) is 56.8 Å². The van der Waals surface area contributed by atoms with Gasteiger partial charge >= 0.3 is 0 Å². The van der Waals surface area contributed by atoms with Crippen LogP contribution in [0.4, 0.5) is 5.95 Å². The first-order chi connectivity index (χ1) is 9.31. The van der Waals surface area contributed by atoms with E-state index in [0.717, 1.165) is 49.4 Å². The first kappa shape index (κ1) is 12.4. The second kappa shape index (κ2) is 5.59. The summed E-state index contributed by atoms with van der Waals surface area (Å²) in [6.07, 6.45) is 0.746. The van der Waals surface area contributed by atoms with Gasteiger partial charge in [-0.05, 0) is 17.7 Å². The van der Waals surface area contributed by atoms with Gasteiger partial charge in [0.15, 0.2) is 0 Å². The fraction of sp³-hybridized carbons (Fsp3) is 0.385. The van der Waals surface area contributed by atoms with E-state index < -0.39 is 0 Å². The Balaban J connectivity index is 1.68. The lowest BCUT2D eigenvalue weighted by Gasteiger charge is -2.25. The summed E-state index contributed by atoms with van der Waals surface area (Å²) in [5.74, 6) is 1.68. The molecule has 0 aliphatic carbocycles. The van der Waals surface area contributed by atoms with Crippen LogP contribution in [-0.2, 0) is 6.42 Å². The van der Waals surface area contributed by atoms with Crippen LogP contribution in [0.25, 0.3) is 0 Å². The number of anilines is 1. The van der Waals surface area contributed by atoms with Crippen molar-refractivity contribution in [2.75, 3.05) is 31.1 Å². The van der Waals surface area contributed by atoms with Crippen LogP contribution in [-0.4, -0.2) is 41.4 Å². The van der Waals surface area contributed by atoms with Crippen LogP contribution < -0.4 is 10.2 Å². The van der Waals surface area contributed by atoms with Gasteiger partial charge in [-0.2, -0.15) is 4.98 Å². The van der Waals surface area contributed by atoms with Crippen molar-refractivity contribution >= 4 is 17.5 Å². The molecule has 6 heteroatoms. The summed E-state index contributed by atoms with van der Waals surface area (Å²) in [6.45, 7) is 3.89. The van der Waals surface area contributed by atoms with E-state index in [0.29, 0.717) is 0 Å². The Bertz CT molecular complexity index is 530. The molecule has 0 unspecified atom stereocenters. The van der Waals surface area contributed by atoms with Crippen molar-refractivity contribution in [2.24, 2.45) is 0 Å². The number of nitrogens with zero attached hydrogens (tertiary/aromatic N) is 3. The molecule has 0 spiro atoms. The van der Waals surface area contributed by atoms with Gasteiger partial charge in [-0.25, -0.2) is 0 Å². The largest absolute Gasteiger partial charge is 0.337 e. The monoisotopic (exact) mass is 277 g/mol. The SMILES string of the molecule is Clc1ccc(Cc2nc(N3CCNCC3)n[nH]2)cc1.